The first-order chi connectivity index (χ1) is 45.6. The second-order valence-corrected chi connectivity index (χ2v) is 31.5. The van der Waals surface area contributed by atoms with Gasteiger partial charge in [0.25, 0.3) is 0 Å². The molecule has 18 rings (SSSR count). The molecule has 432 valence electrons. The summed E-state index contributed by atoms with van der Waals surface area (Å²) in [5.74, 6) is 2.77. The van der Waals surface area contributed by atoms with Crippen LogP contribution in [0, 0.1) is 0 Å². The summed E-state index contributed by atoms with van der Waals surface area (Å²) >= 11 is 0. The van der Waals surface area contributed by atoms with Crippen LogP contribution in [0.4, 0.5) is 0 Å². The van der Waals surface area contributed by atoms with Crippen LogP contribution in [-0.4, -0.2) is 49.2 Å². The summed E-state index contributed by atoms with van der Waals surface area (Å²) in [6, 6.07) is 127. The first-order valence-corrected chi connectivity index (χ1v) is 35.4. The maximum atomic E-state index is 5.82. The fraction of sp³-hybridized carbons (Fsp3) is 0. The van der Waals surface area contributed by atoms with Gasteiger partial charge in [0.05, 0.1) is 44.1 Å². The Balaban J connectivity index is 0.965. The van der Waals surface area contributed by atoms with Crippen LogP contribution in [0.25, 0.3) is 100 Å². The minimum Gasteiger partial charge on any atom is -0.309 e. The number of hydrogen-bond acceptors (Lipinski definition) is 3. The Kier molecular flexibility index (Phi) is 12.4. The minimum atomic E-state index is -3.08. The molecule has 0 aliphatic carbocycles. The third-order valence-electron chi connectivity index (χ3n) is 19.1. The molecule has 0 saturated heterocycles. The smallest absolute Gasteiger partial charge is 0.221 e. The molecule has 18 aromatic rings. The lowest BCUT2D eigenvalue weighted by molar-refractivity contribution is 0.980. The highest BCUT2D eigenvalue weighted by atomic mass is 28.3. The maximum absolute atomic E-state index is 5.82. The molecule has 92 heavy (non-hydrogen) atoms. The van der Waals surface area contributed by atoms with Gasteiger partial charge in [0.15, 0.2) is 22.0 Å². The highest BCUT2D eigenvalue weighted by Gasteiger charge is 2.44. The van der Waals surface area contributed by atoms with Crippen molar-refractivity contribution in [1.29, 1.82) is 0 Å². The van der Waals surface area contributed by atoms with Gasteiger partial charge in [-0.1, -0.05) is 279 Å². The van der Waals surface area contributed by atoms with Gasteiger partial charge >= 0.3 is 0 Å². The highest BCUT2D eigenvalue weighted by molar-refractivity contribution is 7.20. The van der Waals surface area contributed by atoms with Gasteiger partial charge in [0.2, 0.25) is 5.78 Å². The Hall–Kier alpha value is -11.8. The first-order valence-electron chi connectivity index (χ1n) is 31.4. The normalized spacial score (nSPS) is 12.1. The van der Waals surface area contributed by atoms with Crippen molar-refractivity contribution in [3.8, 4) is 28.7 Å². The minimum absolute atomic E-state index is 0.588. The van der Waals surface area contributed by atoms with Gasteiger partial charge in [-0.25, -0.2) is 15.0 Å². The van der Waals surface area contributed by atoms with Crippen molar-refractivity contribution in [3.05, 3.63) is 346 Å². The molecule has 0 atom stereocenters. The van der Waals surface area contributed by atoms with E-state index in [2.05, 4.69) is 364 Å². The number of nitrogens with zero attached hydrogens (tertiary/aromatic N) is 7. The number of aromatic nitrogens is 7. The summed E-state index contributed by atoms with van der Waals surface area (Å²) in [6.07, 6.45) is 0. The standard InChI is InChI=1S/C83H57N7Si2/c1-7-30-60(31-8-1)91(61-32-9-2-10-33-61,62-34-11-3-12-35-62)66-50-52-72-78(55-66)89-79-56-67(92(63-36-13-4-14-37-63,64-38-15-5-16-39-64)65-40-17-6-18-41-65)51-53-77(79)90(83(89)84-72)81-57-80(88-75-48-25-21-44-70(75)71-45-22-26-49-76(71)88)85-82(86-81)58-28-27-29-59(54-58)87-73-46-23-19-42-68(73)69-43-20-24-47-74(69)87/h1-57H. The number of imidazole rings is 2. The number of benzene rings is 13. The molecule has 0 aliphatic rings. The fourth-order valence-electron chi connectivity index (χ4n) is 15.2. The zero-order valence-corrected chi connectivity index (χ0v) is 52.0. The molecule has 0 saturated carbocycles. The van der Waals surface area contributed by atoms with Gasteiger partial charge in [-0.05, 0) is 102 Å². The molecule has 0 amide bonds. The second kappa shape index (κ2) is 21.5. The lowest BCUT2D eigenvalue weighted by atomic mass is 10.1. The SMILES string of the molecule is c1ccc([Si](c2ccccc2)(c2ccccc2)c2ccc3nc4n(-c5cc(-n6c7ccccc7c7ccccc76)nc(-c6cccc(-n7c8ccccc8c8ccccc87)c6)n5)c5ccc([Si](c6ccccc6)(c6ccccc6)c6ccccc6)cc5n4c3c2)cc1. The lowest BCUT2D eigenvalue weighted by Crippen LogP contribution is -2.74. The Morgan fingerprint density at radius 2 is 0.598 bits per heavy atom. The topological polar surface area (TPSA) is 57.9 Å². The predicted molar refractivity (Wildman–Crippen MR) is 386 cm³/mol. The molecule has 0 unspecified atom stereocenters. The van der Waals surface area contributed by atoms with Crippen molar-refractivity contribution in [2.45, 2.75) is 0 Å². The Morgan fingerprint density at radius 1 is 0.228 bits per heavy atom. The van der Waals surface area contributed by atoms with Crippen LogP contribution >= 0.6 is 0 Å². The largest absolute Gasteiger partial charge is 0.309 e. The molecule has 13 aromatic carbocycles. The summed E-state index contributed by atoms with van der Waals surface area (Å²) < 4.78 is 9.41. The molecule has 7 nitrogen and oxygen atoms in total. The first kappa shape index (κ1) is 53.3. The van der Waals surface area contributed by atoms with Gasteiger partial charge in [0, 0.05) is 38.9 Å². The highest BCUT2D eigenvalue weighted by Crippen LogP contribution is 2.37. The van der Waals surface area contributed by atoms with Crippen LogP contribution in [0.5, 0.6) is 0 Å². The van der Waals surface area contributed by atoms with Crippen LogP contribution in [0.2, 0.25) is 0 Å². The van der Waals surface area contributed by atoms with E-state index in [1.165, 1.54) is 52.3 Å². The molecular formula is C83H57N7Si2. The number of hydrogen-bond donors (Lipinski definition) is 0. The molecular weight excluding hydrogens is 1150 g/mol. The quantitative estimate of drug-likeness (QED) is 0.0905. The van der Waals surface area contributed by atoms with Gasteiger partial charge in [0.1, 0.15) is 11.6 Å². The predicted octanol–water partition coefficient (Wildman–Crippen LogP) is 13.8. The van der Waals surface area contributed by atoms with E-state index in [4.69, 9.17) is 15.0 Å². The Labute approximate surface area is 533 Å². The van der Waals surface area contributed by atoms with Crippen molar-refractivity contribution in [1.82, 2.24) is 33.1 Å². The van der Waals surface area contributed by atoms with Crippen LogP contribution in [0.1, 0.15) is 0 Å². The molecule has 0 fully saturated rings. The van der Waals surface area contributed by atoms with Crippen molar-refractivity contribution in [2.24, 2.45) is 0 Å². The van der Waals surface area contributed by atoms with E-state index in [9.17, 15) is 0 Å². The van der Waals surface area contributed by atoms with Gasteiger partial charge in [-0.15, -0.1) is 0 Å². The zero-order valence-electron chi connectivity index (χ0n) is 50.0. The lowest BCUT2D eigenvalue weighted by Gasteiger charge is -2.34. The fourth-order valence-corrected chi connectivity index (χ4v) is 24.7. The van der Waals surface area contributed by atoms with Crippen molar-refractivity contribution in [3.63, 3.8) is 0 Å². The number of fused-ring (bicyclic) bond motifs is 11. The third kappa shape index (κ3) is 8.09. The molecule has 0 aliphatic heterocycles. The van der Waals surface area contributed by atoms with Crippen LogP contribution in [-0.2, 0) is 0 Å². The number of rotatable bonds is 12. The third-order valence-corrected chi connectivity index (χ3v) is 28.6. The average molecular weight is 1210 g/mol. The van der Waals surface area contributed by atoms with Gasteiger partial charge in [-0.2, -0.15) is 0 Å². The second-order valence-electron chi connectivity index (χ2n) is 23.9. The van der Waals surface area contributed by atoms with E-state index in [1.807, 2.05) is 0 Å². The van der Waals surface area contributed by atoms with Crippen LogP contribution in [0.3, 0.4) is 0 Å². The molecule has 0 bridgehead atoms. The Bertz CT molecular complexity index is 5520. The molecule has 5 heterocycles. The maximum Gasteiger partial charge on any atom is 0.221 e. The zero-order chi connectivity index (χ0) is 60.7. The van der Waals surface area contributed by atoms with Crippen molar-refractivity contribution in [2.75, 3.05) is 0 Å². The summed E-state index contributed by atoms with van der Waals surface area (Å²) in [4.78, 5) is 17.3. The number of para-hydroxylation sites is 4. The summed E-state index contributed by atoms with van der Waals surface area (Å²) in [5.41, 5.74) is 10.2. The molecule has 5 aromatic heterocycles. The van der Waals surface area contributed by atoms with Gasteiger partial charge < -0.3 is 4.57 Å². The van der Waals surface area contributed by atoms with Crippen molar-refractivity contribution >= 4 is 129 Å². The van der Waals surface area contributed by atoms with Crippen LogP contribution < -0.4 is 41.5 Å². The van der Waals surface area contributed by atoms with E-state index in [0.29, 0.717) is 11.6 Å². The van der Waals surface area contributed by atoms with E-state index in [1.54, 1.807) is 0 Å². The molecule has 0 N–H and O–H groups in total. The average Bonchev–Trinajstić information content (AvgIpc) is 1.46. The molecule has 0 spiro atoms. The monoisotopic (exact) mass is 1210 g/mol. The van der Waals surface area contributed by atoms with Crippen LogP contribution in [0.15, 0.2) is 346 Å². The summed E-state index contributed by atoms with van der Waals surface area (Å²) in [7, 11) is -6.10. The molecule has 9 heteroatoms. The summed E-state index contributed by atoms with van der Waals surface area (Å²) in [5, 5.41) is 15.0. The van der Waals surface area contributed by atoms with E-state index in [0.717, 1.165) is 77.8 Å². The van der Waals surface area contributed by atoms with E-state index in [-0.39, 0.29) is 0 Å². The summed E-state index contributed by atoms with van der Waals surface area (Å²) in [6.45, 7) is 0. The van der Waals surface area contributed by atoms with Crippen molar-refractivity contribution < 1.29 is 0 Å². The van der Waals surface area contributed by atoms with E-state index < -0.39 is 16.1 Å². The van der Waals surface area contributed by atoms with E-state index >= 15 is 0 Å². The Morgan fingerprint density at radius 3 is 1.03 bits per heavy atom. The van der Waals surface area contributed by atoms with Gasteiger partial charge in [-0.3, -0.25) is 13.5 Å². The molecule has 0 radical (unpaired) electrons.